The predicted molar refractivity (Wildman–Crippen MR) is 103 cm³/mol. The second-order valence-corrected chi connectivity index (χ2v) is 7.69. The summed E-state index contributed by atoms with van der Waals surface area (Å²) in [4.78, 5) is 16.6. The Morgan fingerprint density at radius 3 is 3.07 bits per heavy atom. The summed E-state index contributed by atoms with van der Waals surface area (Å²) in [5, 5.41) is 6.42. The van der Waals surface area contributed by atoms with Crippen LogP contribution in [0.3, 0.4) is 0 Å². The molecule has 1 fully saturated rings. The maximum Gasteiger partial charge on any atom is 0.251 e. The first kappa shape index (κ1) is 17.8. The van der Waals surface area contributed by atoms with E-state index in [-0.39, 0.29) is 11.4 Å². The fourth-order valence-corrected chi connectivity index (χ4v) is 3.09. The number of benzene rings is 1. The number of nitrogens with one attached hydrogen (secondary N) is 2. The van der Waals surface area contributed by atoms with Crippen molar-refractivity contribution in [2.24, 2.45) is 5.92 Å². The van der Waals surface area contributed by atoms with Gasteiger partial charge in [-0.25, -0.2) is 0 Å². The molecular formula is C21H25N3O3. The summed E-state index contributed by atoms with van der Waals surface area (Å²) < 4.78 is 11.7. The number of amides is 1. The highest BCUT2D eigenvalue weighted by Gasteiger charge is 2.32. The van der Waals surface area contributed by atoms with Crippen molar-refractivity contribution < 1.29 is 14.3 Å². The van der Waals surface area contributed by atoms with E-state index in [9.17, 15) is 4.79 Å². The summed E-state index contributed by atoms with van der Waals surface area (Å²) in [6.07, 6.45) is 6.02. The molecule has 2 heterocycles. The maximum atomic E-state index is 12.5. The normalized spacial score (nSPS) is 20.9. The van der Waals surface area contributed by atoms with E-state index in [0.717, 1.165) is 29.5 Å². The van der Waals surface area contributed by atoms with Gasteiger partial charge in [-0.1, -0.05) is 6.07 Å². The van der Waals surface area contributed by atoms with Crippen molar-refractivity contribution in [2.45, 2.75) is 31.8 Å². The van der Waals surface area contributed by atoms with Gasteiger partial charge in [-0.2, -0.15) is 0 Å². The van der Waals surface area contributed by atoms with E-state index in [1.807, 2.05) is 24.3 Å². The van der Waals surface area contributed by atoms with Gasteiger partial charge in [0.25, 0.3) is 5.91 Å². The monoisotopic (exact) mass is 367 g/mol. The van der Waals surface area contributed by atoms with E-state index < -0.39 is 0 Å². The molecule has 0 radical (unpaired) electrons. The van der Waals surface area contributed by atoms with Crippen LogP contribution in [0, 0.1) is 5.92 Å². The molecule has 1 unspecified atom stereocenters. The highest BCUT2D eigenvalue weighted by Crippen LogP contribution is 2.34. The average Bonchev–Trinajstić information content (AvgIpc) is 3.50. The molecule has 1 aromatic carbocycles. The highest BCUT2D eigenvalue weighted by atomic mass is 16.5. The van der Waals surface area contributed by atoms with Crippen molar-refractivity contribution in [1.82, 2.24) is 10.3 Å². The number of nitrogens with zero attached hydrogens (tertiary/aromatic N) is 1. The first-order valence-corrected chi connectivity index (χ1v) is 9.41. The quantitative estimate of drug-likeness (QED) is 0.787. The zero-order valence-corrected chi connectivity index (χ0v) is 15.5. The van der Waals surface area contributed by atoms with Gasteiger partial charge in [0.1, 0.15) is 12.4 Å². The Kier molecular flexibility index (Phi) is 4.99. The van der Waals surface area contributed by atoms with Crippen molar-refractivity contribution >= 4 is 11.6 Å². The van der Waals surface area contributed by atoms with Gasteiger partial charge in [0.05, 0.1) is 17.8 Å². The number of aromatic nitrogens is 1. The standard InChI is InChI=1S/C21H25N3O3/c1-21(13-26-12-15-4-5-15)14-27-19-7-6-17(9-18(19)24-21)20(25)23-11-16-3-2-8-22-10-16/h2-3,6-10,15,24H,4-5,11-14H2,1H3,(H,23,25). The van der Waals surface area contributed by atoms with E-state index in [2.05, 4.69) is 22.5 Å². The van der Waals surface area contributed by atoms with Gasteiger partial charge < -0.3 is 20.1 Å². The largest absolute Gasteiger partial charge is 0.489 e. The smallest absolute Gasteiger partial charge is 0.251 e. The third-order valence-corrected chi connectivity index (χ3v) is 4.87. The Labute approximate surface area is 159 Å². The van der Waals surface area contributed by atoms with Gasteiger partial charge in [0.2, 0.25) is 0 Å². The summed E-state index contributed by atoms with van der Waals surface area (Å²) in [7, 11) is 0. The lowest BCUT2D eigenvalue weighted by atomic mass is 10.0. The van der Waals surface area contributed by atoms with Crippen molar-refractivity contribution in [3.05, 3.63) is 53.9 Å². The molecule has 1 aliphatic heterocycles. The molecule has 27 heavy (non-hydrogen) atoms. The zero-order chi connectivity index (χ0) is 18.7. The van der Waals surface area contributed by atoms with E-state index in [0.29, 0.717) is 25.3 Å². The van der Waals surface area contributed by atoms with Gasteiger partial charge in [-0.15, -0.1) is 0 Å². The molecule has 0 saturated heterocycles. The number of anilines is 1. The Morgan fingerprint density at radius 1 is 1.41 bits per heavy atom. The third-order valence-electron chi connectivity index (χ3n) is 4.87. The summed E-state index contributed by atoms with van der Waals surface area (Å²) in [5.74, 6) is 1.37. The van der Waals surface area contributed by atoms with Gasteiger partial charge in [-0.05, 0) is 55.5 Å². The minimum atomic E-state index is -0.299. The average molecular weight is 367 g/mol. The topological polar surface area (TPSA) is 72.5 Å². The number of pyridine rings is 1. The minimum absolute atomic E-state index is 0.124. The number of ether oxygens (including phenoxy) is 2. The first-order chi connectivity index (χ1) is 13.1. The summed E-state index contributed by atoms with van der Waals surface area (Å²) in [5.41, 5.74) is 2.09. The molecule has 2 aromatic rings. The van der Waals surface area contributed by atoms with Crippen LogP contribution in [0.5, 0.6) is 5.75 Å². The van der Waals surface area contributed by atoms with Crippen molar-refractivity contribution in [1.29, 1.82) is 0 Å². The maximum absolute atomic E-state index is 12.5. The Morgan fingerprint density at radius 2 is 2.30 bits per heavy atom. The van der Waals surface area contributed by atoms with Gasteiger partial charge >= 0.3 is 0 Å². The molecule has 6 nitrogen and oxygen atoms in total. The number of carbonyl (C=O) groups is 1. The van der Waals surface area contributed by atoms with Crippen LogP contribution in [0.2, 0.25) is 0 Å². The van der Waals surface area contributed by atoms with Crippen LogP contribution in [-0.2, 0) is 11.3 Å². The molecule has 1 aliphatic carbocycles. The minimum Gasteiger partial charge on any atom is -0.489 e. The summed E-state index contributed by atoms with van der Waals surface area (Å²) in [6.45, 7) is 4.47. The SMILES string of the molecule is CC1(COCC2CC2)COc2ccc(C(=O)NCc3cccnc3)cc2N1. The van der Waals surface area contributed by atoms with E-state index >= 15 is 0 Å². The zero-order valence-electron chi connectivity index (χ0n) is 15.5. The van der Waals surface area contributed by atoms with Crippen molar-refractivity contribution in [3.8, 4) is 5.75 Å². The van der Waals surface area contributed by atoms with E-state index in [1.165, 1.54) is 12.8 Å². The van der Waals surface area contributed by atoms with Crippen LogP contribution in [0.4, 0.5) is 5.69 Å². The number of carbonyl (C=O) groups excluding carboxylic acids is 1. The third kappa shape index (κ3) is 4.57. The molecule has 1 saturated carbocycles. The number of hydrogen-bond acceptors (Lipinski definition) is 5. The highest BCUT2D eigenvalue weighted by molar-refractivity contribution is 5.95. The van der Waals surface area contributed by atoms with Crippen LogP contribution in [0.15, 0.2) is 42.7 Å². The molecule has 2 aliphatic rings. The number of hydrogen-bond donors (Lipinski definition) is 2. The molecule has 1 atom stereocenters. The molecule has 0 bridgehead atoms. The van der Waals surface area contributed by atoms with E-state index in [1.54, 1.807) is 18.5 Å². The lowest BCUT2D eigenvalue weighted by molar-refractivity contribution is 0.0667. The number of rotatable bonds is 7. The van der Waals surface area contributed by atoms with E-state index in [4.69, 9.17) is 9.47 Å². The van der Waals surface area contributed by atoms with Gasteiger partial charge in [0, 0.05) is 31.1 Å². The molecule has 4 rings (SSSR count). The van der Waals surface area contributed by atoms with Crippen LogP contribution < -0.4 is 15.4 Å². The van der Waals surface area contributed by atoms with Crippen molar-refractivity contribution in [3.63, 3.8) is 0 Å². The van der Waals surface area contributed by atoms with Gasteiger partial charge in [-0.3, -0.25) is 9.78 Å². The lowest BCUT2D eigenvalue weighted by Crippen LogP contribution is -2.48. The Hall–Kier alpha value is -2.60. The second kappa shape index (κ2) is 7.56. The van der Waals surface area contributed by atoms with Crippen LogP contribution in [0.25, 0.3) is 0 Å². The van der Waals surface area contributed by atoms with Gasteiger partial charge in [0.15, 0.2) is 0 Å². The molecule has 0 spiro atoms. The lowest BCUT2D eigenvalue weighted by Gasteiger charge is -2.36. The molecular weight excluding hydrogens is 342 g/mol. The second-order valence-electron chi connectivity index (χ2n) is 7.69. The molecule has 2 N–H and O–H groups in total. The summed E-state index contributed by atoms with van der Waals surface area (Å²) >= 11 is 0. The first-order valence-electron chi connectivity index (χ1n) is 9.41. The molecule has 1 amide bonds. The number of fused-ring (bicyclic) bond motifs is 1. The van der Waals surface area contributed by atoms with Crippen molar-refractivity contribution in [2.75, 3.05) is 25.1 Å². The Bertz CT molecular complexity index is 808. The van der Waals surface area contributed by atoms with Crippen LogP contribution in [-0.4, -0.2) is 36.3 Å². The van der Waals surface area contributed by atoms with Crippen LogP contribution in [0.1, 0.15) is 35.7 Å². The molecule has 142 valence electrons. The fourth-order valence-electron chi connectivity index (χ4n) is 3.09. The Balaban J connectivity index is 1.38. The van der Waals surface area contributed by atoms with Crippen LogP contribution >= 0.6 is 0 Å². The summed E-state index contributed by atoms with van der Waals surface area (Å²) in [6, 6.07) is 9.25. The molecule has 6 heteroatoms. The fraction of sp³-hybridized carbons (Fsp3) is 0.429. The predicted octanol–water partition coefficient (Wildman–Crippen LogP) is 3.00. The molecule has 1 aromatic heterocycles.